The third kappa shape index (κ3) is 3.98. The van der Waals surface area contributed by atoms with Crippen LogP contribution in [0.15, 0.2) is 36.5 Å². The number of anilines is 1. The fourth-order valence-corrected chi connectivity index (χ4v) is 4.12. The molecule has 0 unspecified atom stereocenters. The number of aromatic nitrogens is 3. The van der Waals surface area contributed by atoms with Gasteiger partial charge in [-0.2, -0.15) is 0 Å². The molecule has 0 aliphatic carbocycles. The molecule has 7 nitrogen and oxygen atoms in total. The van der Waals surface area contributed by atoms with Gasteiger partial charge in [0, 0.05) is 31.9 Å². The molecule has 4 rings (SSSR count). The molecule has 1 aromatic heterocycles. The Morgan fingerprint density at radius 3 is 2.52 bits per heavy atom. The molecule has 0 saturated carbocycles. The maximum Gasteiger partial charge on any atom is 0.276 e. The van der Waals surface area contributed by atoms with E-state index in [0.717, 1.165) is 51.9 Å². The van der Waals surface area contributed by atoms with E-state index in [0.29, 0.717) is 17.8 Å². The zero-order valence-electron chi connectivity index (χ0n) is 15.9. The molecule has 0 radical (unpaired) electrons. The molecule has 1 N–H and O–H groups in total. The van der Waals surface area contributed by atoms with Crippen LogP contribution in [0.2, 0.25) is 0 Å². The number of amides is 1. The van der Waals surface area contributed by atoms with Gasteiger partial charge in [0.1, 0.15) is 0 Å². The van der Waals surface area contributed by atoms with Gasteiger partial charge < -0.3 is 15.1 Å². The topological polar surface area (TPSA) is 66.3 Å². The molecular formula is C20H28N6O. The summed E-state index contributed by atoms with van der Waals surface area (Å²) in [5.74, 6) is 0.0102. The van der Waals surface area contributed by atoms with E-state index >= 15 is 0 Å². The Kier molecular flexibility index (Phi) is 5.38. The van der Waals surface area contributed by atoms with Crippen LogP contribution in [0.1, 0.15) is 42.2 Å². The van der Waals surface area contributed by atoms with Crippen LogP contribution < -0.4 is 10.2 Å². The summed E-state index contributed by atoms with van der Waals surface area (Å²) in [6.07, 6.45) is 5.85. The van der Waals surface area contributed by atoms with E-state index in [-0.39, 0.29) is 5.91 Å². The van der Waals surface area contributed by atoms with Crippen molar-refractivity contribution >= 4 is 11.6 Å². The fourth-order valence-electron chi connectivity index (χ4n) is 4.12. The van der Waals surface area contributed by atoms with Gasteiger partial charge in [0.05, 0.1) is 12.2 Å². The minimum atomic E-state index is 0.0102. The third-order valence-corrected chi connectivity index (χ3v) is 5.88. The van der Waals surface area contributed by atoms with E-state index in [1.165, 1.54) is 5.69 Å². The van der Waals surface area contributed by atoms with Crippen molar-refractivity contribution in [2.75, 3.05) is 38.1 Å². The highest BCUT2D eigenvalue weighted by atomic mass is 16.2. The van der Waals surface area contributed by atoms with Gasteiger partial charge in [0.2, 0.25) is 0 Å². The molecule has 2 aliphatic rings. The van der Waals surface area contributed by atoms with Crippen molar-refractivity contribution in [3.05, 3.63) is 42.2 Å². The van der Waals surface area contributed by atoms with Crippen LogP contribution in [0.4, 0.5) is 5.69 Å². The van der Waals surface area contributed by atoms with Crippen LogP contribution in [-0.4, -0.2) is 65.1 Å². The second-order valence-electron chi connectivity index (χ2n) is 7.53. The Labute approximate surface area is 160 Å². The van der Waals surface area contributed by atoms with Crippen LogP contribution in [0.3, 0.4) is 0 Å². The monoisotopic (exact) mass is 368 g/mol. The number of carbonyl (C=O) groups excluding carboxylic acids is 1. The fraction of sp³-hybridized carbons (Fsp3) is 0.550. The molecule has 144 valence electrons. The predicted molar refractivity (Wildman–Crippen MR) is 105 cm³/mol. The minimum absolute atomic E-state index is 0.0102. The SMILES string of the molecule is CN(c1ccccc1)C1CCN(C(=O)c2cn(C3CCNCC3)nn2)CC1. The van der Waals surface area contributed by atoms with E-state index in [1.54, 1.807) is 0 Å². The number of piperidine rings is 2. The molecule has 0 bridgehead atoms. The summed E-state index contributed by atoms with van der Waals surface area (Å²) < 4.78 is 1.88. The van der Waals surface area contributed by atoms with Gasteiger partial charge in [-0.05, 0) is 50.9 Å². The van der Waals surface area contributed by atoms with E-state index in [2.05, 4.69) is 51.8 Å². The quantitative estimate of drug-likeness (QED) is 0.893. The van der Waals surface area contributed by atoms with Gasteiger partial charge in [-0.3, -0.25) is 4.79 Å². The summed E-state index contributed by atoms with van der Waals surface area (Å²) in [4.78, 5) is 17.1. The highest BCUT2D eigenvalue weighted by Crippen LogP contribution is 2.23. The molecule has 27 heavy (non-hydrogen) atoms. The Hall–Kier alpha value is -2.41. The van der Waals surface area contributed by atoms with Crippen LogP contribution in [-0.2, 0) is 0 Å². The number of rotatable bonds is 4. The molecule has 3 heterocycles. The molecule has 2 fully saturated rings. The van der Waals surface area contributed by atoms with E-state index < -0.39 is 0 Å². The van der Waals surface area contributed by atoms with Crippen molar-refractivity contribution in [2.24, 2.45) is 0 Å². The van der Waals surface area contributed by atoms with Gasteiger partial charge >= 0.3 is 0 Å². The first-order chi connectivity index (χ1) is 13.2. The number of benzene rings is 1. The van der Waals surface area contributed by atoms with Gasteiger partial charge in [0.25, 0.3) is 5.91 Å². The summed E-state index contributed by atoms with van der Waals surface area (Å²) in [5.41, 5.74) is 1.70. The van der Waals surface area contributed by atoms with Gasteiger partial charge in [0.15, 0.2) is 5.69 Å². The smallest absolute Gasteiger partial charge is 0.276 e. The van der Waals surface area contributed by atoms with Crippen molar-refractivity contribution in [3.8, 4) is 0 Å². The second kappa shape index (κ2) is 8.08. The first kappa shape index (κ1) is 18.0. The highest BCUT2D eigenvalue weighted by molar-refractivity contribution is 5.92. The molecule has 7 heteroatoms. The zero-order chi connectivity index (χ0) is 18.6. The Bertz CT molecular complexity index is 747. The number of likely N-dealkylation sites (tertiary alicyclic amines) is 1. The van der Waals surface area contributed by atoms with Crippen molar-refractivity contribution in [1.82, 2.24) is 25.2 Å². The number of hydrogen-bond donors (Lipinski definition) is 1. The van der Waals surface area contributed by atoms with Crippen LogP contribution in [0.25, 0.3) is 0 Å². The molecule has 2 aliphatic heterocycles. The minimum Gasteiger partial charge on any atom is -0.371 e. The van der Waals surface area contributed by atoms with Gasteiger partial charge in [-0.15, -0.1) is 5.10 Å². The van der Waals surface area contributed by atoms with Gasteiger partial charge in [-0.1, -0.05) is 23.4 Å². The number of nitrogens with zero attached hydrogens (tertiary/aromatic N) is 5. The zero-order valence-corrected chi connectivity index (χ0v) is 15.9. The maximum absolute atomic E-state index is 12.8. The lowest BCUT2D eigenvalue weighted by molar-refractivity contribution is 0.0707. The van der Waals surface area contributed by atoms with Gasteiger partial charge in [-0.25, -0.2) is 4.68 Å². The summed E-state index contributed by atoms with van der Waals surface area (Å²) >= 11 is 0. The van der Waals surface area contributed by atoms with Crippen molar-refractivity contribution in [1.29, 1.82) is 0 Å². The predicted octanol–water partition coefficient (Wildman–Crippen LogP) is 1.94. The average molecular weight is 368 g/mol. The van der Waals surface area contributed by atoms with E-state index in [9.17, 15) is 4.79 Å². The molecule has 0 spiro atoms. The van der Waals surface area contributed by atoms with E-state index in [4.69, 9.17) is 0 Å². The largest absolute Gasteiger partial charge is 0.371 e. The lowest BCUT2D eigenvalue weighted by Crippen LogP contribution is -2.45. The summed E-state index contributed by atoms with van der Waals surface area (Å²) in [6, 6.07) is 11.3. The highest BCUT2D eigenvalue weighted by Gasteiger charge is 2.28. The van der Waals surface area contributed by atoms with Crippen molar-refractivity contribution in [2.45, 2.75) is 37.8 Å². The molecule has 1 amide bonds. The molecular weight excluding hydrogens is 340 g/mol. The standard InChI is InChI=1S/C20H28N6O/c1-24(16-5-3-2-4-6-16)17-9-13-25(14-10-17)20(27)19-15-26(23-22-19)18-7-11-21-12-8-18/h2-6,15,17-18,21H,7-14H2,1H3. The Morgan fingerprint density at radius 1 is 1.11 bits per heavy atom. The first-order valence-corrected chi connectivity index (χ1v) is 9.92. The third-order valence-electron chi connectivity index (χ3n) is 5.88. The maximum atomic E-state index is 12.8. The van der Waals surface area contributed by atoms with Crippen LogP contribution >= 0.6 is 0 Å². The molecule has 1 aromatic carbocycles. The first-order valence-electron chi connectivity index (χ1n) is 9.92. The second-order valence-corrected chi connectivity index (χ2v) is 7.53. The molecule has 0 atom stereocenters. The number of carbonyl (C=O) groups is 1. The molecule has 2 saturated heterocycles. The summed E-state index contributed by atoms with van der Waals surface area (Å²) in [7, 11) is 2.14. The lowest BCUT2D eigenvalue weighted by atomic mass is 10.0. The summed E-state index contributed by atoms with van der Waals surface area (Å²) in [5, 5.41) is 11.7. The Morgan fingerprint density at radius 2 is 1.81 bits per heavy atom. The van der Waals surface area contributed by atoms with E-state index in [1.807, 2.05) is 21.8 Å². The van der Waals surface area contributed by atoms with Crippen LogP contribution in [0.5, 0.6) is 0 Å². The number of nitrogens with one attached hydrogen (secondary N) is 1. The Balaban J connectivity index is 1.34. The van der Waals surface area contributed by atoms with Crippen molar-refractivity contribution < 1.29 is 4.79 Å². The normalized spacial score (nSPS) is 19.2. The number of para-hydroxylation sites is 1. The average Bonchev–Trinajstić information content (AvgIpc) is 3.24. The summed E-state index contributed by atoms with van der Waals surface area (Å²) in [6.45, 7) is 3.52. The number of hydrogen-bond acceptors (Lipinski definition) is 5. The van der Waals surface area contributed by atoms with Crippen molar-refractivity contribution in [3.63, 3.8) is 0 Å². The molecule has 2 aromatic rings. The lowest BCUT2D eigenvalue weighted by Gasteiger charge is -2.37. The van der Waals surface area contributed by atoms with Crippen LogP contribution in [0, 0.1) is 0 Å².